The lowest BCUT2D eigenvalue weighted by Gasteiger charge is -2.34. The lowest BCUT2D eigenvalue weighted by Crippen LogP contribution is -2.44. The number of halogens is 1. The molecule has 3 N–H and O–H groups in total. The van der Waals surface area contributed by atoms with Gasteiger partial charge in [0.1, 0.15) is 23.6 Å². The Kier molecular flexibility index (Phi) is 6.91. The Bertz CT molecular complexity index is 1460. The Morgan fingerprint density at radius 1 is 1.03 bits per heavy atom. The molecule has 0 aliphatic carbocycles. The van der Waals surface area contributed by atoms with E-state index >= 15 is 0 Å². The highest BCUT2D eigenvalue weighted by atomic mass is 19.1. The van der Waals surface area contributed by atoms with Gasteiger partial charge in [-0.05, 0) is 49.5 Å². The molecule has 1 aliphatic heterocycles. The second-order valence-corrected chi connectivity index (χ2v) is 8.73. The topological polar surface area (TPSA) is 106 Å². The van der Waals surface area contributed by atoms with Crippen molar-refractivity contribution in [2.45, 2.75) is 0 Å². The molecule has 1 saturated heterocycles. The molecule has 5 rings (SSSR count). The first-order chi connectivity index (χ1) is 18.0. The number of hydrogen-bond donors (Lipinski definition) is 3. The zero-order valence-corrected chi connectivity index (χ0v) is 20.2. The number of nitrogens with one attached hydrogen (secondary N) is 3. The van der Waals surface area contributed by atoms with Crippen molar-refractivity contribution < 1.29 is 14.0 Å². The van der Waals surface area contributed by atoms with Crippen molar-refractivity contribution in [3.63, 3.8) is 0 Å². The molecule has 1 aliphatic rings. The SMILES string of the molecule is CN1CCN(c2ccc(Nc3nc(NC=CC=O)c4c(C(=O)c5ccccc5F)c[nH]c4n3)cc2)CC1. The molecule has 4 aromatic rings. The Morgan fingerprint density at radius 2 is 1.78 bits per heavy atom. The van der Waals surface area contributed by atoms with E-state index in [-0.39, 0.29) is 17.1 Å². The van der Waals surface area contributed by atoms with Gasteiger partial charge in [0, 0.05) is 50.0 Å². The van der Waals surface area contributed by atoms with Crippen LogP contribution in [0.25, 0.3) is 11.0 Å². The van der Waals surface area contributed by atoms with Crippen LogP contribution >= 0.6 is 0 Å². The van der Waals surface area contributed by atoms with Crippen LogP contribution in [0.3, 0.4) is 0 Å². The number of aromatic amines is 1. The number of piperazine rings is 1. The van der Waals surface area contributed by atoms with Gasteiger partial charge >= 0.3 is 0 Å². The fourth-order valence-corrected chi connectivity index (χ4v) is 4.28. The molecule has 9 nitrogen and oxygen atoms in total. The van der Waals surface area contributed by atoms with Gasteiger partial charge in [0.25, 0.3) is 0 Å². The van der Waals surface area contributed by atoms with Crippen LogP contribution in [0.2, 0.25) is 0 Å². The molecule has 0 amide bonds. The van der Waals surface area contributed by atoms with E-state index in [1.165, 1.54) is 36.7 Å². The van der Waals surface area contributed by atoms with Crippen LogP contribution in [0.5, 0.6) is 0 Å². The molecule has 1 fully saturated rings. The molecule has 0 unspecified atom stereocenters. The van der Waals surface area contributed by atoms with E-state index in [0.29, 0.717) is 23.1 Å². The predicted octanol–water partition coefficient (Wildman–Crippen LogP) is 3.95. The third-order valence-corrected chi connectivity index (χ3v) is 6.28. The van der Waals surface area contributed by atoms with Gasteiger partial charge in [-0.3, -0.25) is 9.59 Å². The minimum absolute atomic E-state index is 0.0552. The highest BCUT2D eigenvalue weighted by Crippen LogP contribution is 2.29. The van der Waals surface area contributed by atoms with E-state index in [1.807, 2.05) is 12.1 Å². The average Bonchev–Trinajstić information content (AvgIpc) is 3.34. The molecule has 0 atom stereocenters. The summed E-state index contributed by atoms with van der Waals surface area (Å²) in [6.45, 7) is 4.01. The van der Waals surface area contributed by atoms with Crippen LogP contribution in [0.4, 0.5) is 27.5 Å². The van der Waals surface area contributed by atoms with Crippen molar-refractivity contribution in [3.8, 4) is 0 Å². The number of likely N-dealkylation sites (N-methyl/N-ethyl adjacent to an activating group) is 1. The average molecular weight is 500 g/mol. The normalized spacial score (nSPS) is 14.3. The summed E-state index contributed by atoms with van der Waals surface area (Å²) in [4.78, 5) is 40.6. The quantitative estimate of drug-likeness (QED) is 0.190. The van der Waals surface area contributed by atoms with Crippen LogP contribution in [-0.4, -0.2) is 65.1 Å². The molecule has 0 spiro atoms. The van der Waals surface area contributed by atoms with Gasteiger partial charge in [-0.2, -0.15) is 9.97 Å². The maximum Gasteiger partial charge on any atom is 0.231 e. The van der Waals surface area contributed by atoms with E-state index in [4.69, 9.17) is 0 Å². The van der Waals surface area contributed by atoms with Crippen molar-refractivity contribution in [2.24, 2.45) is 0 Å². The van der Waals surface area contributed by atoms with Crippen molar-refractivity contribution in [1.82, 2.24) is 19.9 Å². The van der Waals surface area contributed by atoms with Gasteiger partial charge in [-0.25, -0.2) is 4.39 Å². The number of anilines is 4. The van der Waals surface area contributed by atoms with Crippen LogP contribution in [0.1, 0.15) is 15.9 Å². The van der Waals surface area contributed by atoms with E-state index in [1.54, 1.807) is 6.07 Å². The molecule has 0 radical (unpaired) electrons. The van der Waals surface area contributed by atoms with Gasteiger partial charge in [-0.15, -0.1) is 0 Å². The summed E-state index contributed by atoms with van der Waals surface area (Å²) in [5.74, 6) is -0.541. The maximum atomic E-state index is 14.3. The first-order valence-corrected chi connectivity index (χ1v) is 11.9. The zero-order chi connectivity index (χ0) is 25.8. The highest BCUT2D eigenvalue weighted by molar-refractivity contribution is 6.18. The van der Waals surface area contributed by atoms with E-state index in [9.17, 15) is 14.0 Å². The monoisotopic (exact) mass is 499 g/mol. The highest BCUT2D eigenvalue weighted by Gasteiger charge is 2.22. The fraction of sp³-hybridized carbons (Fsp3) is 0.185. The van der Waals surface area contributed by atoms with Crippen molar-refractivity contribution in [2.75, 3.05) is 48.8 Å². The number of rotatable bonds is 8. The molecule has 37 heavy (non-hydrogen) atoms. The Hall–Kier alpha value is -4.57. The smallest absolute Gasteiger partial charge is 0.231 e. The predicted molar refractivity (Wildman–Crippen MR) is 142 cm³/mol. The Morgan fingerprint density at radius 3 is 2.51 bits per heavy atom. The summed E-state index contributed by atoms with van der Waals surface area (Å²) < 4.78 is 14.3. The number of aldehydes is 1. The summed E-state index contributed by atoms with van der Waals surface area (Å²) >= 11 is 0. The lowest BCUT2D eigenvalue weighted by molar-refractivity contribution is -0.104. The van der Waals surface area contributed by atoms with Crippen LogP contribution in [-0.2, 0) is 4.79 Å². The lowest BCUT2D eigenvalue weighted by atomic mass is 10.0. The second kappa shape index (κ2) is 10.6. The molecule has 188 valence electrons. The number of allylic oxidation sites excluding steroid dienone is 1. The Balaban J connectivity index is 1.45. The summed E-state index contributed by atoms with van der Waals surface area (Å²) in [5.41, 5.74) is 2.48. The molecule has 0 saturated carbocycles. The number of nitrogens with zero attached hydrogens (tertiary/aromatic N) is 4. The third kappa shape index (κ3) is 5.19. The maximum absolute atomic E-state index is 14.3. The number of hydrogen-bond acceptors (Lipinski definition) is 8. The van der Waals surface area contributed by atoms with E-state index < -0.39 is 11.6 Å². The van der Waals surface area contributed by atoms with E-state index in [0.717, 1.165) is 37.6 Å². The van der Waals surface area contributed by atoms with Gasteiger partial charge in [0.2, 0.25) is 5.95 Å². The van der Waals surface area contributed by atoms with Crippen LogP contribution in [0.15, 0.2) is 67.0 Å². The van der Waals surface area contributed by atoms with Gasteiger partial charge in [-0.1, -0.05) is 12.1 Å². The van der Waals surface area contributed by atoms with Crippen molar-refractivity contribution >= 4 is 46.2 Å². The minimum Gasteiger partial charge on any atom is -0.369 e. The number of ketones is 1. The standard InChI is InChI=1S/C27H26FN7O2/c1-34-12-14-35(15-13-34)19-9-7-18(8-10-19)31-27-32-25(29-11-4-16-36)23-21(17-30-26(23)33-27)24(37)20-5-2-3-6-22(20)28/h2-11,16-17H,12-15H2,1H3,(H3,29,30,31,32,33). The molecule has 3 heterocycles. The first kappa shape index (κ1) is 24.1. The number of fused-ring (bicyclic) bond motifs is 1. The minimum atomic E-state index is -0.614. The number of aromatic nitrogens is 3. The second-order valence-electron chi connectivity index (χ2n) is 8.73. The molecular weight excluding hydrogens is 473 g/mol. The fourth-order valence-electron chi connectivity index (χ4n) is 4.28. The molecule has 0 bridgehead atoms. The van der Waals surface area contributed by atoms with E-state index in [2.05, 4.69) is 54.6 Å². The summed E-state index contributed by atoms with van der Waals surface area (Å²) in [6.07, 6.45) is 4.78. The van der Waals surface area contributed by atoms with Crippen LogP contribution < -0.4 is 15.5 Å². The number of benzene rings is 2. The molecule has 10 heteroatoms. The third-order valence-electron chi connectivity index (χ3n) is 6.28. The molecular formula is C27H26FN7O2. The summed E-state index contributed by atoms with van der Waals surface area (Å²) in [7, 11) is 2.13. The summed E-state index contributed by atoms with van der Waals surface area (Å²) in [6, 6.07) is 13.8. The largest absolute Gasteiger partial charge is 0.369 e. The van der Waals surface area contributed by atoms with Gasteiger partial charge < -0.3 is 25.4 Å². The number of H-pyrrole nitrogens is 1. The first-order valence-electron chi connectivity index (χ1n) is 11.9. The molecule has 2 aromatic heterocycles. The van der Waals surface area contributed by atoms with Crippen LogP contribution in [0, 0.1) is 5.82 Å². The Labute approximate surface area is 213 Å². The van der Waals surface area contributed by atoms with Gasteiger partial charge in [0.05, 0.1) is 16.5 Å². The number of carbonyl (C=O) groups excluding carboxylic acids is 2. The summed E-state index contributed by atoms with van der Waals surface area (Å²) in [5, 5.41) is 6.52. The van der Waals surface area contributed by atoms with Crippen molar-refractivity contribution in [1.29, 1.82) is 0 Å². The number of carbonyl (C=O) groups is 2. The molecule has 2 aromatic carbocycles. The van der Waals surface area contributed by atoms with Gasteiger partial charge in [0.15, 0.2) is 5.78 Å². The van der Waals surface area contributed by atoms with Crippen molar-refractivity contribution in [3.05, 3.63) is 83.9 Å². The zero-order valence-electron chi connectivity index (χ0n) is 20.2.